The van der Waals surface area contributed by atoms with Gasteiger partial charge in [0.15, 0.2) is 0 Å². The Labute approximate surface area is 113 Å². The normalized spacial score (nSPS) is 25.7. The summed E-state index contributed by atoms with van der Waals surface area (Å²) in [4.78, 5) is 0.594. The molecular formula is C13H15Br2F. The van der Waals surface area contributed by atoms with E-state index in [9.17, 15) is 4.39 Å². The van der Waals surface area contributed by atoms with Crippen molar-refractivity contribution in [3.8, 4) is 0 Å². The second kappa shape index (κ2) is 5.63. The van der Waals surface area contributed by atoms with Gasteiger partial charge in [0, 0.05) is 4.83 Å². The van der Waals surface area contributed by atoms with E-state index in [0.29, 0.717) is 15.2 Å². The molecule has 0 heterocycles. The van der Waals surface area contributed by atoms with E-state index in [1.54, 1.807) is 6.07 Å². The number of hydrogen-bond donors (Lipinski definition) is 0. The zero-order chi connectivity index (χ0) is 11.5. The number of alkyl halides is 1. The third kappa shape index (κ3) is 2.86. The second-order valence-electron chi connectivity index (χ2n) is 4.48. The Hall–Kier alpha value is 0.110. The fourth-order valence-electron chi connectivity index (χ4n) is 2.38. The molecule has 2 atom stereocenters. The van der Waals surface area contributed by atoms with Crippen molar-refractivity contribution in [3.63, 3.8) is 0 Å². The third-order valence-corrected chi connectivity index (χ3v) is 5.42. The lowest BCUT2D eigenvalue weighted by Gasteiger charge is -2.27. The van der Waals surface area contributed by atoms with Crippen molar-refractivity contribution in [1.82, 2.24) is 0 Å². The number of benzene rings is 1. The Morgan fingerprint density at radius 2 is 2.00 bits per heavy atom. The molecule has 1 aromatic rings. The molecule has 0 bridgehead atoms. The van der Waals surface area contributed by atoms with Crippen LogP contribution in [-0.4, -0.2) is 4.83 Å². The maximum absolute atomic E-state index is 13.4. The van der Waals surface area contributed by atoms with Crippen LogP contribution in [0.2, 0.25) is 0 Å². The van der Waals surface area contributed by atoms with Crippen molar-refractivity contribution in [3.05, 3.63) is 34.1 Å². The molecule has 2 unspecified atom stereocenters. The van der Waals surface area contributed by atoms with E-state index in [1.165, 1.54) is 31.7 Å². The Morgan fingerprint density at radius 1 is 1.25 bits per heavy atom. The van der Waals surface area contributed by atoms with E-state index in [-0.39, 0.29) is 5.82 Å². The first-order chi connectivity index (χ1) is 7.68. The zero-order valence-electron chi connectivity index (χ0n) is 9.06. The standard InChI is InChI=1S/C13H15Br2F/c14-11-6-2-1-4-9(11)8-10-5-3-7-12(16)13(10)15/h3,5,7,9,11H,1-2,4,6,8H2. The van der Waals surface area contributed by atoms with Crippen LogP contribution in [0, 0.1) is 11.7 Å². The summed E-state index contributed by atoms with van der Waals surface area (Å²) in [7, 11) is 0. The van der Waals surface area contributed by atoms with Crippen molar-refractivity contribution in [1.29, 1.82) is 0 Å². The van der Waals surface area contributed by atoms with Gasteiger partial charge in [0.05, 0.1) is 4.47 Å². The zero-order valence-corrected chi connectivity index (χ0v) is 12.2. The predicted molar refractivity (Wildman–Crippen MR) is 72.5 cm³/mol. The van der Waals surface area contributed by atoms with Crippen molar-refractivity contribution in [2.24, 2.45) is 5.92 Å². The van der Waals surface area contributed by atoms with Crippen molar-refractivity contribution >= 4 is 31.9 Å². The molecule has 2 rings (SSSR count). The summed E-state index contributed by atoms with van der Waals surface area (Å²) < 4.78 is 14.0. The smallest absolute Gasteiger partial charge is 0.137 e. The Balaban J connectivity index is 2.10. The van der Waals surface area contributed by atoms with Gasteiger partial charge < -0.3 is 0 Å². The first-order valence-electron chi connectivity index (χ1n) is 5.75. The largest absolute Gasteiger partial charge is 0.206 e. The summed E-state index contributed by atoms with van der Waals surface area (Å²) in [6.45, 7) is 0. The molecule has 1 aliphatic carbocycles. The Kier molecular flexibility index (Phi) is 4.42. The van der Waals surface area contributed by atoms with Gasteiger partial charge in [-0.05, 0) is 52.7 Å². The van der Waals surface area contributed by atoms with Gasteiger partial charge in [0.1, 0.15) is 5.82 Å². The van der Waals surface area contributed by atoms with Gasteiger partial charge in [-0.2, -0.15) is 0 Å². The number of hydrogen-bond acceptors (Lipinski definition) is 0. The summed E-state index contributed by atoms with van der Waals surface area (Å²) >= 11 is 7.08. The average molecular weight is 350 g/mol. The fraction of sp³-hybridized carbons (Fsp3) is 0.538. The molecule has 0 aromatic heterocycles. The topological polar surface area (TPSA) is 0 Å². The molecule has 1 aliphatic rings. The van der Waals surface area contributed by atoms with Gasteiger partial charge in [0.2, 0.25) is 0 Å². The summed E-state index contributed by atoms with van der Waals surface area (Å²) in [5.41, 5.74) is 1.09. The maximum Gasteiger partial charge on any atom is 0.137 e. The van der Waals surface area contributed by atoms with Gasteiger partial charge in [0.25, 0.3) is 0 Å². The van der Waals surface area contributed by atoms with Crippen LogP contribution in [0.1, 0.15) is 31.2 Å². The van der Waals surface area contributed by atoms with E-state index >= 15 is 0 Å². The van der Waals surface area contributed by atoms with Crippen LogP contribution in [0.15, 0.2) is 22.7 Å². The van der Waals surface area contributed by atoms with E-state index in [1.807, 2.05) is 6.07 Å². The highest BCUT2D eigenvalue weighted by atomic mass is 79.9. The number of halogens is 3. The maximum atomic E-state index is 13.4. The molecule has 0 N–H and O–H groups in total. The van der Waals surface area contributed by atoms with Crippen LogP contribution in [0.4, 0.5) is 4.39 Å². The molecule has 0 nitrogen and oxygen atoms in total. The van der Waals surface area contributed by atoms with Gasteiger partial charge in [-0.1, -0.05) is 40.9 Å². The average Bonchev–Trinajstić information content (AvgIpc) is 2.28. The lowest BCUT2D eigenvalue weighted by Crippen LogP contribution is -2.21. The molecule has 1 aromatic carbocycles. The van der Waals surface area contributed by atoms with Crippen LogP contribution >= 0.6 is 31.9 Å². The van der Waals surface area contributed by atoms with Crippen LogP contribution in [0.25, 0.3) is 0 Å². The summed E-state index contributed by atoms with van der Waals surface area (Å²) in [5.74, 6) is 0.492. The molecule has 16 heavy (non-hydrogen) atoms. The molecule has 0 amide bonds. The quantitative estimate of drug-likeness (QED) is 0.653. The van der Waals surface area contributed by atoms with Crippen molar-refractivity contribution in [2.75, 3.05) is 0 Å². The SMILES string of the molecule is Fc1cccc(CC2CCCCC2Br)c1Br. The molecule has 0 radical (unpaired) electrons. The van der Waals surface area contributed by atoms with Gasteiger partial charge in [-0.15, -0.1) is 0 Å². The monoisotopic (exact) mass is 348 g/mol. The minimum absolute atomic E-state index is 0.153. The summed E-state index contributed by atoms with van der Waals surface area (Å²) in [6, 6.07) is 5.31. The van der Waals surface area contributed by atoms with E-state index in [4.69, 9.17) is 0 Å². The van der Waals surface area contributed by atoms with E-state index in [2.05, 4.69) is 31.9 Å². The minimum atomic E-state index is -0.153. The molecule has 1 saturated carbocycles. The molecule has 0 saturated heterocycles. The highest BCUT2D eigenvalue weighted by Gasteiger charge is 2.23. The summed E-state index contributed by atoms with van der Waals surface area (Å²) in [6.07, 6.45) is 6.08. The highest BCUT2D eigenvalue weighted by molar-refractivity contribution is 9.10. The van der Waals surface area contributed by atoms with Crippen LogP contribution in [-0.2, 0) is 6.42 Å². The minimum Gasteiger partial charge on any atom is -0.206 e. The van der Waals surface area contributed by atoms with Crippen LogP contribution in [0.5, 0.6) is 0 Å². The van der Waals surface area contributed by atoms with Crippen molar-refractivity contribution < 1.29 is 4.39 Å². The van der Waals surface area contributed by atoms with Crippen molar-refractivity contribution in [2.45, 2.75) is 36.9 Å². The van der Waals surface area contributed by atoms with Crippen LogP contribution in [0.3, 0.4) is 0 Å². The van der Waals surface area contributed by atoms with E-state index < -0.39 is 0 Å². The first kappa shape index (κ1) is 12.6. The predicted octanol–water partition coefficient (Wildman–Crippen LogP) is 5.08. The highest BCUT2D eigenvalue weighted by Crippen LogP contribution is 2.34. The van der Waals surface area contributed by atoms with Gasteiger partial charge >= 0.3 is 0 Å². The van der Waals surface area contributed by atoms with Gasteiger partial charge in [-0.3, -0.25) is 0 Å². The molecule has 0 spiro atoms. The third-order valence-electron chi connectivity index (χ3n) is 3.33. The lowest BCUT2D eigenvalue weighted by molar-refractivity contribution is 0.372. The molecular weight excluding hydrogens is 335 g/mol. The van der Waals surface area contributed by atoms with E-state index in [0.717, 1.165) is 12.0 Å². The Bertz CT molecular complexity index is 365. The second-order valence-corrected chi connectivity index (χ2v) is 6.45. The molecule has 0 aliphatic heterocycles. The van der Waals surface area contributed by atoms with Crippen LogP contribution < -0.4 is 0 Å². The van der Waals surface area contributed by atoms with Gasteiger partial charge in [-0.25, -0.2) is 4.39 Å². The molecule has 1 fully saturated rings. The molecule has 88 valence electrons. The first-order valence-corrected chi connectivity index (χ1v) is 7.46. The lowest BCUT2D eigenvalue weighted by atomic mass is 9.85. The fourth-order valence-corrected chi connectivity index (χ4v) is 3.58. The summed E-state index contributed by atoms with van der Waals surface area (Å²) in [5, 5.41) is 0. The number of rotatable bonds is 2. The Morgan fingerprint density at radius 3 is 2.75 bits per heavy atom. The molecule has 3 heteroatoms.